The minimum absolute atomic E-state index is 0.826. The fourth-order valence-electron chi connectivity index (χ4n) is 3.05. The minimum atomic E-state index is 0.826. The van der Waals surface area contributed by atoms with Crippen LogP contribution in [0.2, 0.25) is 0 Å². The Morgan fingerprint density at radius 1 is 1.04 bits per heavy atom. The van der Waals surface area contributed by atoms with Gasteiger partial charge in [-0.2, -0.15) is 0 Å². The molecule has 0 radical (unpaired) electrons. The molecule has 1 saturated heterocycles. The summed E-state index contributed by atoms with van der Waals surface area (Å²) in [5, 5.41) is 0. The van der Waals surface area contributed by atoms with Crippen LogP contribution < -0.4 is 4.90 Å². The van der Waals surface area contributed by atoms with Gasteiger partial charge in [-0.3, -0.25) is 4.90 Å². The molecule has 23 heavy (non-hydrogen) atoms. The van der Waals surface area contributed by atoms with Gasteiger partial charge >= 0.3 is 0 Å². The maximum absolute atomic E-state index is 4.66. The lowest BCUT2D eigenvalue weighted by Gasteiger charge is -2.34. The van der Waals surface area contributed by atoms with Crippen LogP contribution >= 0.6 is 0 Å². The number of rotatable bonds is 3. The molecule has 0 spiro atoms. The summed E-state index contributed by atoms with van der Waals surface area (Å²) in [4.78, 5) is 21.5. The number of aryl methyl sites for hydroxylation is 1. The smallest absolute Gasteiger partial charge is 0.132 e. The number of nitrogens with one attached hydrogen (secondary N) is 1. The van der Waals surface area contributed by atoms with Crippen molar-refractivity contribution >= 4 is 16.9 Å². The number of benzene rings is 1. The average Bonchev–Trinajstić information content (AvgIpc) is 2.98. The Morgan fingerprint density at radius 2 is 1.87 bits per heavy atom. The van der Waals surface area contributed by atoms with E-state index in [-0.39, 0.29) is 0 Å². The van der Waals surface area contributed by atoms with Crippen LogP contribution in [0.5, 0.6) is 0 Å². The number of nitrogens with zero attached hydrogens (tertiary/aromatic N) is 5. The van der Waals surface area contributed by atoms with Crippen molar-refractivity contribution < 1.29 is 0 Å². The van der Waals surface area contributed by atoms with Crippen LogP contribution in [0.3, 0.4) is 0 Å². The second kappa shape index (κ2) is 5.96. The molecule has 1 aliphatic rings. The Balaban J connectivity index is 1.39. The summed E-state index contributed by atoms with van der Waals surface area (Å²) >= 11 is 0. The van der Waals surface area contributed by atoms with Crippen molar-refractivity contribution in [1.82, 2.24) is 24.8 Å². The third kappa shape index (κ3) is 3.03. The normalized spacial score (nSPS) is 16.1. The Labute approximate surface area is 135 Å². The molecule has 6 nitrogen and oxygen atoms in total. The molecule has 0 amide bonds. The lowest BCUT2D eigenvalue weighted by molar-refractivity contribution is 0.244. The molecule has 4 rings (SSSR count). The van der Waals surface area contributed by atoms with Gasteiger partial charge < -0.3 is 9.88 Å². The molecule has 0 bridgehead atoms. The van der Waals surface area contributed by atoms with E-state index in [1.165, 1.54) is 0 Å². The molecule has 6 heteroatoms. The standard InChI is InChI=1S/C17H20N6/c1-13-18-7-6-17(19-13)23-10-8-22(9-11-23)12-16-20-14-4-2-3-5-15(14)21-16/h2-7H,8-12H2,1H3,(H,20,21). The number of fused-ring (bicyclic) bond motifs is 1. The summed E-state index contributed by atoms with van der Waals surface area (Å²) in [5.74, 6) is 2.89. The van der Waals surface area contributed by atoms with E-state index in [2.05, 4.69) is 35.8 Å². The van der Waals surface area contributed by atoms with Gasteiger partial charge in [0, 0.05) is 32.4 Å². The molecule has 118 valence electrons. The maximum atomic E-state index is 4.66. The molecule has 1 aromatic carbocycles. The number of H-pyrrole nitrogens is 1. The van der Waals surface area contributed by atoms with Gasteiger partial charge in [-0.15, -0.1) is 0 Å². The van der Waals surface area contributed by atoms with Gasteiger partial charge in [0.05, 0.1) is 17.6 Å². The van der Waals surface area contributed by atoms with Gasteiger partial charge in [0.15, 0.2) is 0 Å². The van der Waals surface area contributed by atoms with E-state index in [9.17, 15) is 0 Å². The minimum Gasteiger partial charge on any atom is -0.354 e. The van der Waals surface area contributed by atoms with E-state index in [0.29, 0.717) is 0 Å². The predicted octanol–water partition coefficient (Wildman–Crippen LogP) is 1.98. The first-order valence-corrected chi connectivity index (χ1v) is 7.98. The molecular weight excluding hydrogens is 288 g/mol. The zero-order chi connectivity index (χ0) is 15.6. The summed E-state index contributed by atoms with van der Waals surface area (Å²) in [6.45, 7) is 6.79. The molecule has 3 heterocycles. The Hall–Kier alpha value is -2.47. The average molecular weight is 308 g/mol. The fraction of sp³-hybridized carbons (Fsp3) is 0.353. The van der Waals surface area contributed by atoms with Crippen molar-refractivity contribution in [3.8, 4) is 0 Å². The molecule has 0 aliphatic carbocycles. The van der Waals surface area contributed by atoms with E-state index >= 15 is 0 Å². The van der Waals surface area contributed by atoms with Crippen molar-refractivity contribution in [2.75, 3.05) is 31.1 Å². The Kier molecular flexibility index (Phi) is 3.67. The van der Waals surface area contributed by atoms with Crippen LogP contribution in [0.1, 0.15) is 11.6 Å². The van der Waals surface area contributed by atoms with Crippen LogP contribution in [0.15, 0.2) is 36.5 Å². The van der Waals surface area contributed by atoms with Crippen LogP contribution in [0.4, 0.5) is 5.82 Å². The monoisotopic (exact) mass is 308 g/mol. The van der Waals surface area contributed by atoms with Crippen molar-refractivity contribution in [3.05, 3.63) is 48.2 Å². The summed E-state index contributed by atoms with van der Waals surface area (Å²) < 4.78 is 0. The highest BCUT2D eigenvalue weighted by Gasteiger charge is 2.19. The second-order valence-corrected chi connectivity index (χ2v) is 5.93. The molecule has 0 atom stereocenters. The SMILES string of the molecule is Cc1nccc(N2CCN(Cc3nc4ccccc4[nH]3)CC2)n1. The van der Waals surface area contributed by atoms with E-state index in [1.54, 1.807) is 0 Å². The van der Waals surface area contributed by atoms with Crippen LogP contribution in [-0.4, -0.2) is 51.0 Å². The highest BCUT2D eigenvalue weighted by Crippen LogP contribution is 2.15. The van der Waals surface area contributed by atoms with Gasteiger partial charge in [-0.1, -0.05) is 12.1 Å². The quantitative estimate of drug-likeness (QED) is 0.802. The third-order valence-corrected chi connectivity index (χ3v) is 4.27. The van der Waals surface area contributed by atoms with Crippen molar-refractivity contribution in [1.29, 1.82) is 0 Å². The molecule has 0 unspecified atom stereocenters. The van der Waals surface area contributed by atoms with Gasteiger partial charge in [-0.05, 0) is 25.1 Å². The summed E-state index contributed by atoms with van der Waals surface area (Å²) in [6, 6.07) is 10.2. The highest BCUT2D eigenvalue weighted by molar-refractivity contribution is 5.74. The number of imidazole rings is 1. The number of piperazine rings is 1. The number of hydrogen-bond donors (Lipinski definition) is 1. The molecular formula is C17H20N6. The molecule has 3 aromatic rings. The topological polar surface area (TPSA) is 60.9 Å². The third-order valence-electron chi connectivity index (χ3n) is 4.27. The summed E-state index contributed by atoms with van der Waals surface area (Å²) in [6.07, 6.45) is 1.83. The highest BCUT2D eigenvalue weighted by atomic mass is 15.3. The molecule has 0 saturated carbocycles. The van der Waals surface area contributed by atoms with Gasteiger partial charge in [0.2, 0.25) is 0 Å². The van der Waals surface area contributed by atoms with Crippen molar-refractivity contribution in [3.63, 3.8) is 0 Å². The van der Waals surface area contributed by atoms with Gasteiger partial charge in [0.25, 0.3) is 0 Å². The van der Waals surface area contributed by atoms with Gasteiger partial charge in [0.1, 0.15) is 17.5 Å². The largest absolute Gasteiger partial charge is 0.354 e. The first kappa shape index (κ1) is 14.1. The Morgan fingerprint density at radius 3 is 2.65 bits per heavy atom. The number of para-hydroxylation sites is 2. The summed E-state index contributed by atoms with van der Waals surface area (Å²) in [5.41, 5.74) is 2.15. The fourth-order valence-corrected chi connectivity index (χ4v) is 3.05. The number of aromatic nitrogens is 4. The first-order chi connectivity index (χ1) is 11.3. The van der Waals surface area contributed by atoms with E-state index < -0.39 is 0 Å². The maximum Gasteiger partial charge on any atom is 0.132 e. The second-order valence-electron chi connectivity index (χ2n) is 5.93. The molecule has 1 fully saturated rings. The van der Waals surface area contributed by atoms with Crippen molar-refractivity contribution in [2.24, 2.45) is 0 Å². The lowest BCUT2D eigenvalue weighted by atomic mass is 10.3. The van der Waals surface area contributed by atoms with E-state index in [4.69, 9.17) is 0 Å². The Bertz CT molecular complexity index is 770. The van der Waals surface area contributed by atoms with Crippen LogP contribution in [0.25, 0.3) is 11.0 Å². The first-order valence-electron chi connectivity index (χ1n) is 7.98. The number of anilines is 1. The molecule has 1 N–H and O–H groups in total. The van der Waals surface area contributed by atoms with E-state index in [1.807, 2.05) is 37.4 Å². The number of hydrogen-bond acceptors (Lipinski definition) is 5. The zero-order valence-electron chi connectivity index (χ0n) is 13.2. The zero-order valence-corrected chi connectivity index (χ0v) is 13.2. The summed E-state index contributed by atoms with van der Waals surface area (Å²) in [7, 11) is 0. The number of aromatic amines is 1. The van der Waals surface area contributed by atoms with Crippen LogP contribution in [-0.2, 0) is 6.54 Å². The lowest BCUT2D eigenvalue weighted by Crippen LogP contribution is -2.46. The predicted molar refractivity (Wildman–Crippen MR) is 90.4 cm³/mol. The molecule has 2 aromatic heterocycles. The van der Waals surface area contributed by atoms with Crippen LogP contribution in [0, 0.1) is 6.92 Å². The van der Waals surface area contributed by atoms with E-state index in [0.717, 1.165) is 61.2 Å². The molecule has 1 aliphatic heterocycles. The van der Waals surface area contributed by atoms with Gasteiger partial charge in [-0.25, -0.2) is 15.0 Å². The van der Waals surface area contributed by atoms with Crippen molar-refractivity contribution in [2.45, 2.75) is 13.5 Å².